The van der Waals surface area contributed by atoms with Gasteiger partial charge in [-0.15, -0.1) is 0 Å². The summed E-state index contributed by atoms with van der Waals surface area (Å²) in [5.74, 6) is 1.28. The van der Waals surface area contributed by atoms with Crippen molar-refractivity contribution < 1.29 is 9.53 Å². The third-order valence-corrected chi connectivity index (χ3v) is 6.32. The molecule has 0 radical (unpaired) electrons. The second kappa shape index (κ2) is 8.43. The molecule has 0 bridgehead atoms. The van der Waals surface area contributed by atoms with Crippen LogP contribution >= 0.6 is 11.8 Å². The summed E-state index contributed by atoms with van der Waals surface area (Å²) in [6, 6.07) is 18.0. The number of hydrogen-bond donors (Lipinski definition) is 0. The van der Waals surface area contributed by atoms with E-state index < -0.39 is 0 Å². The van der Waals surface area contributed by atoms with E-state index in [2.05, 4.69) is 16.1 Å². The molecule has 6 nitrogen and oxygen atoms in total. The molecule has 5 rings (SSSR count). The first-order valence-electron chi connectivity index (χ1n) is 10.3. The van der Waals surface area contributed by atoms with Gasteiger partial charge in [0.2, 0.25) is 5.91 Å². The monoisotopic (exact) mass is 430 g/mol. The van der Waals surface area contributed by atoms with E-state index in [4.69, 9.17) is 4.74 Å². The van der Waals surface area contributed by atoms with E-state index in [1.165, 1.54) is 17.3 Å². The second-order valence-electron chi connectivity index (χ2n) is 7.26. The first kappa shape index (κ1) is 19.6. The molecule has 156 valence electrons. The molecule has 1 aliphatic heterocycles. The van der Waals surface area contributed by atoms with E-state index in [9.17, 15) is 4.79 Å². The van der Waals surface area contributed by atoms with Crippen LogP contribution in [0.4, 0.5) is 5.69 Å². The molecule has 2 aromatic carbocycles. The standard InChI is InChI=1S/C24H22N4O2S/c1-2-30-19-9-7-17(8-10-19)20-15-22-24(25-12-14-28(22)26-20)31-16-23(29)27-13-11-18-5-3-4-6-21(18)27/h3-10,12,14-15H,2,11,13,16H2,1H3. The predicted octanol–water partition coefficient (Wildman–Crippen LogP) is 4.48. The third-order valence-electron chi connectivity index (χ3n) is 5.34. The van der Waals surface area contributed by atoms with Gasteiger partial charge >= 0.3 is 0 Å². The molecule has 1 amide bonds. The molecule has 0 aliphatic carbocycles. The summed E-state index contributed by atoms with van der Waals surface area (Å²) in [5, 5.41) is 5.48. The zero-order chi connectivity index (χ0) is 21.2. The van der Waals surface area contributed by atoms with Crippen molar-refractivity contribution in [1.82, 2.24) is 14.6 Å². The lowest BCUT2D eigenvalue weighted by Crippen LogP contribution is -2.30. The van der Waals surface area contributed by atoms with Gasteiger partial charge in [0, 0.05) is 30.2 Å². The van der Waals surface area contributed by atoms with Gasteiger partial charge in [0.25, 0.3) is 0 Å². The first-order valence-corrected chi connectivity index (χ1v) is 11.3. The Balaban J connectivity index is 1.34. The smallest absolute Gasteiger partial charge is 0.237 e. The van der Waals surface area contributed by atoms with Crippen molar-refractivity contribution in [3.05, 3.63) is 72.6 Å². The van der Waals surface area contributed by atoms with Crippen molar-refractivity contribution in [2.45, 2.75) is 18.4 Å². The van der Waals surface area contributed by atoms with Gasteiger partial charge in [-0.2, -0.15) is 5.10 Å². The average Bonchev–Trinajstić information content (AvgIpc) is 3.43. The van der Waals surface area contributed by atoms with Crippen molar-refractivity contribution in [3.8, 4) is 17.0 Å². The number of para-hydroxylation sites is 1. The summed E-state index contributed by atoms with van der Waals surface area (Å²) in [5.41, 5.74) is 5.02. The SMILES string of the molecule is CCOc1ccc(-c2cc3c(SCC(=O)N4CCc5ccccc54)nccn3n2)cc1. The van der Waals surface area contributed by atoms with E-state index in [-0.39, 0.29) is 5.91 Å². The largest absolute Gasteiger partial charge is 0.494 e. The van der Waals surface area contributed by atoms with Crippen LogP contribution in [0.2, 0.25) is 0 Å². The Morgan fingerprint density at radius 3 is 2.84 bits per heavy atom. The average molecular weight is 431 g/mol. The maximum Gasteiger partial charge on any atom is 0.237 e. The van der Waals surface area contributed by atoms with Gasteiger partial charge in [0.15, 0.2) is 0 Å². The number of nitrogens with zero attached hydrogens (tertiary/aromatic N) is 4. The molecule has 31 heavy (non-hydrogen) atoms. The highest BCUT2D eigenvalue weighted by atomic mass is 32.2. The van der Waals surface area contributed by atoms with Crippen LogP contribution in [0.1, 0.15) is 12.5 Å². The predicted molar refractivity (Wildman–Crippen MR) is 123 cm³/mol. The van der Waals surface area contributed by atoms with Gasteiger partial charge in [-0.05, 0) is 55.3 Å². The van der Waals surface area contributed by atoms with Crippen molar-refractivity contribution in [3.63, 3.8) is 0 Å². The maximum absolute atomic E-state index is 12.9. The summed E-state index contributed by atoms with van der Waals surface area (Å²) in [4.78, 5) is 19.3. The summed E-state index contributed by atoms with van der Waals surface area (Å²) in [7, 11) is 0. The van der Waals surface area contributed by atoms with E-state index in [0.717, 1.165) is 46.2 Å². The van der Waals surface area contributed by atoms with Crippen LogP contribution in [0.15, 0.2) is 72.0 Å². The van der Waals surface area contributed by atoms with Crippen molar-refractivity contribution in [2.75, 3.05) is 23.8 Å². The fraction of sp³-hybridized carbons (Fsp3) is 0.208. The lowest BCUT2D eigenvalue weighted by molar-refractivity contribution is -0.116. The minimum atomic E-state index is 0.102. The zero-order valence-electron chi connectivity index (χ0n) is 17.2. The summed E-state index contributed by atoms with van der Waals surface area (Å²) in [6.07, 6.45) is 4.46. The van der Waals surface area contributed by atoms with Gasteiger partial charge in [0.1, 0.15) is 10.8 Å². The van der Waals surface area contributed by atoms with Gasteiger partial charge in [-0.3, -0.25) is 4.79 Å². The summed E-state index contributed by atoms with van der Waals surface area (Å²) in [6.45, 7) is 3.35. The molecule has 0 saturated heterocycles. The number of amides is 1. The molecule has 0 atom stereocenters. The fourth-order valence-corrected chi connectivity index (χ4v) is 4.70. The number of carbonyl (C=O) groups excluding carboxylic acids is 1. The highest BCUT2D eigenvalue weighted by Gasteiger charge is 2.24. The Bertz CT molecular complexity index is 1240. The maximum atomic E-state index is 12.9. The Hall–Kier alpha value is -3.32. The molecular formula is C24H22N4O2S. The highest BCUT2D eigenvalue weighted by Crippen LogP contribution is 2.30. The van der Waals surface area contributed by atoms with Crippen LogP contribution in [-0.2, 0) is 11.2 Å². The Kier molecular flexibility index (Phi) is 5.34. The van der Waals surface area contributed by atoms with Crippen molar-refractivity contribution >= 4 is 28.9 Å². The molecular weight excluding hydrogens is 408 g/mol. The lowest BCUT2D eigenvalue weighted by Gasteiger charge is -2.16. The van der Waals surface area contributed by atoms with Crippen LogP contribution in [0.5, 0.6) is 5.75 Å². The van der Waals surface area contributed by atoms with Crippen molar-refractivity contribution in [1.29, 1.82) is 0 Å². The van der Waals surface area contributed by atoms with Gasteiger partial charge in [-0.1, -0.05) is 30.0 Å². The number of aromatic nitrogens is 3. The van der Waals surface area contributed by atoms with Gasteiger partial charge in [-0.25, -0.2) is 9.50 Å². The molecule has 0 N–H and O–H groups in total. The summed E-state index contributed by atoms with van der Waals surface area (Å²) >= 11 is 1.45. The molecule has 0 spiro atoms. The molecule has 0 saturated carbocycles. The van der Waals surface area contributed by atoms with E-state index >= 15 is 0 Å². The number of ether oxygens (including phenoxy) is 1. The Morgan fingerprint density at radius 1 is 1.16 bits per heavy atom. The summed E-state index contributed by atoms with van der Waals surface area (Å²) < 4.78 is 7.33. The lowest BCUT2D eigenvalue weighted by atomic mass is 10.1. The quantitative estimate of drug-likeness (QED) is 0.422. The zero-order valence-corrected chi connectivity index (χ0v) is 18.0. The fourth-order valence-electron chi connectivity index (χ4n) is 3.84. The van der Waals surface area contributed by atoms with Crippen LogP contribution < -0.4 is 9.64 Å². The van der Waals surface area contributed by atoms with Crippen LogP contribution in [0, 0.1) is 0 Å². The van der Waals surface area contributed by atoms with Gasteiger partial charge in [0.05, 0.1) is 23.6 Å². The number of benzene rings is 2. The number of fused-ring (bicyclic) bond motifs is 2. The minimum Gasteiger partial charge on any atom is -0.494 e. The number of rotatable bonds is 6. The second-order valence-corrected chi connectivity index (χ2v) is 8.23. The molecule has 1 aliphatic rings. The molecule has 0 unspecified atom stereocenters. The minimum absolute atomic E-state index is 0.102. The number of carbonyl (C=O) groups is 1. The molecule has 7 heteroatoms. The number of anilines is 1. The first-order chi connectivity index (χ1) is 15.2. The Morgan fingerprint density at radius 2 is 2.00 bits per heavy atom. The molecule has 4 aromatic rings. The van der Waals surface area contributed by atoms with Crippen LogP contribution in [-0.4, -0.2) is 39.4 Å². The highest BCUT2D eigenvalue weighted by molar-refractivity contribution is 8.00. The van der Waals surface area contributed by atoms with Crippen molar-refractivity contribution in [2.24, 2.45) is 0 Å². The van der Waals surface area contributed by atoms with Gasteiger partial charge < -0.3 is 9.64 Å². The van der Waals surface area contributed by atoms with E-state index in [1.807, 2.05) is 71.1 Å². The van der Waals surface area contributed by atoms with Crippen LogP contribution in [0.3, 0.4) is 0 Å². The van der Waals surface area contributed by atoms with E-state index in [1.54, 1.807) is 6.20 Å². The number of hydrogen-bond acceptors (Lipinski definition) is 5. The van der Waals surface area contributed by atoms with Crippen LogP contribution in [0.25, 0.3) is 16.8 Å². The molecule has 0 fully saturated rings. The topological polar surface area (TPSA) is 59.7 Å². The molecule has 2 aromatic heterocycles. The normalized spacial score (nSPS) is 12.9. The number of thioether (sulfide) groups is 1. The Labute approximate surface area is 184 Å². The molecule has 3 heterocycles. The third kappa shape index (κ3) is 3.88. The van der Waals surface area contributed by atoms with E-state index in [0.29, 0.717) is 12.4 Å².